The Bertz CT molecular complexity index is 616. The first kappa shape index (κ1) is 14.4. The Morgan fingerprint density at radius 3 is 2.00 bits per heavy atom. The van der Waals surface area contributed by atoms with E-state index >= 15 is 0 Å². The Morgan fingerprint density at radius 1 is 1.00 bits per heavy atom. The fourth-order valence-corrected chi connectivity index (χ4v) is 1.81. The Hall–Kier alpha value is -3.02. The van der Waals surface area contributed by atoms with Crippen molar-refractivity contribution in [2.24, 2.45) is 5.73 Å². The molecule has 2 rings (SSSR count). The summed E-state index contributed by atoms with van der Waals surface area (Å²) in [5.74, 6) is -0.992. The predicted octanol–water partition coefficient (Wildman–Crippen LogP) is 2.06. The van der Waals surface area contributed by atoms with E-state index < -0.39 is 18.2 Å². The number of carbonyl (C=O) groups is 2. The van der Waals surface area contributed by atoms with E-state index in [9.17, 15) is 14.7 Å². The highest BCUT2D eigenvalue weighted by atomic mass is 16.5. The van der Waals surface area contributed by atoms with Crippen LogP contribution in [0.2, 0.25) is 0 Å². The molecule has 6 nitrogen and oxygen atoms in total. The van der Waals surface area contributed by atoms with Crippen LogP contribution in [0, 0.1) is 0 Å². The smallest absolute Gasteiger partial charge is 0.367 e. The number of carboxylic acid groups (broad SMARTS) is 1. The molecule has 2 aromatic rings. The molecule has 0 heterocycles. The lowest BCUT2D eigenvalue weighted by Gasteiger charge is -2.27. The number of nitrogens with zero attached hydrogens (tertiary/aromatic N) is 1. The minimum atomic E-state index is -1.55. The first-order valence-corrected chi connectivity index (χ1v) is 6.18. The predicted molar refractivity (Wildman–Crippen MR) is 77.0 cm³/mol. The second-order valence-electron chi connectivity index (χ2n) is 4.17. The molecule has 0 spiro atoms. The molecule has 3 N–H and O–H groups in total. The van der Waals surface area contributed by atoms with E-state index in [1.807, 2.05) is 0 Å². The van der Waals surface area contributed by atoms with Crippen LogP contribution in [0.4, 0.5) is 10.5 Å². The number of urea groups is 1. The monoisotopic (exact) mass is 286 g/mol. The molecule has 6 heteroatoms. The molecule has 0 saturated heterocycles. The number of ether oxygens (including phenoxy) is 1. The zero-order chi connectivity index (χ0) is 15.2. The zero-order valence-electron chi connectivity index (χ0n) is 11.0. The van der Waals surface area contributed by atoms with Gasteiger partial charge in [-0.1, -0.05) is 36.4 Å². The fourth-order valence-electron chi connectivity index (χ4n) is 1.81. The van der Waals surface area contributed by atoms with Crippen LogP contribution in [0.1, 0.15) is 0 Å². The third-order valence-electron chi connectivity index (χ3n) is 2.71. The van der Waals surface area contributed by atoms with Gasteiger partial charge in [0.1, 0.15) is 5.75 Å². The van der Waals surface area contributed by atoms with Crippen LogP contribution in [-0.4, -0.2) is 23.3 Å². The second-order valence-corrected chi connectivity index (χ2v) is 4.17. The molecule has 0 saturated carbocycles. The number of aliphatic carboxylic acids is 1. The minimum absolute atomic E-state index is 0.326. The van der Waals surface area contributed by atoms with E-state index in [2.05, 4.69) is 0 Å². The highest BCUT2D eigenvalue weighted by molar-refractivity contribution is 5.96. The summed E-state index contributed by atoms with van der Waals surface area (Å²) in [6.07, 6.45) is -1.55. The van der Waals surface area contributed by atoms with Crippen LogP contribution in [0.3, 0.4) is 0 Å². The maximum Gasteiger partial charge on any atom is 0.367 e. The lowest BCUT2D eigenvalue weighted by Crippen LogP contribution is -2.51. The van der Waals surface area contributed by atoms with Crippen molar-refractivity contribution >= 4 is 17.7 Å². The maximum absolute atomic E-state index is 11.6. The molecule has 0 fully saturated rings. The van der Waals surface area contributed by atoms with Gasteiger partial charge >= 0.3 is 12.0 Å². The third-order valence-corrected chi connectivity index (χ3v) is 2.71. The van der Waals surface area contributed by atoms with Gasteiger partial charge in [0.25, 0.3) is 6.23 Å². The van der Waals surface area contributed by atoms with Gasteiger partial charge in [-0.05, 0) is 24.3 Å². The number of primary amides is 1. The Balaban J connectivity index is 2.34. The second kappa shape index (κ2) is 6.42. The molecule has 0 radical (unpaired) electrons. The van der Waals surface area contributed by atoms with Crippen LogP contribution in [0.15, 0.2) is 60.7 Å². The molecular formula is C15H14N2O4. The van der Waals surface area contributed by atoms with Gasteiger partial charge < -0.3 is 15.6 Å². The summed E-state index contributed by atoms with van der Waals surface area (Å²) in [6, 6.07) is 15.7. The summed E-state index contributed by atoms with van der Waals surface area (Å²) in [5, 5.41) is 9.34. The van der Waals surface area contributed by atoms with Crippen molar-refractivity contribution in [2.45, 2.75) is 6.23 Å². The third kappa shape index (κ3) is 3.50. The molecule has 21 heavy (non-hydrogen) atoms. The number of hydrogen-bond acceptors (Lipinski definition) is 3. The van der Waals surface area contributed by atoms with Gasteiger partial charge in [-0.3, -0.25) is 0 Å². The Kier molecular flexibility index (Phi) is 4.40. The molecular weight excluding hydrogens is 272 g/mol. The van der Waals surface area contributed by atoms with E-state index in [0.717, 1.165) is 4.90 Å². The summed E-state index contributed by atoms with van der Waals surface area (Å²) in [4.78, 5) is 24.0. The normalized spacial score (nSPS) is 11.4. The molecule has 1 atom stereocenters. The molecule has 0 bridgehead atoms. The molecule has 0 aliphatic heterocycles. The first-order chi connectivity index (χ1) is 10.1. The number of carboxylic acids is 1. The number of rotatable bonds is 5. The van der Waals surface area contributed by atoms with Crippen LogP contribution < -0.4 is 15.4 Å². The Labute approximate surface area is 121 Å². The quantitative estimate of drug-likeness (QED) is 0.823. The van der Waals surface area contributed by atoms with Gasteiger partial charge in [-0.2, -0.15) is 0 Å². The van der Waals surface area contributed by atoms with Crippen molar-refractivity contribution in [3.63, 3.8) is 0 Å². The van der Waals surface area contributed by atoms with E-state index in [-0.39, 0.29) is 0 Å². The fraction of sp³-hybridized carbons (Fsp3) is 0.0667. The lowest BCUT2D eigenvalue weighted by molar-refractivity contribution is -0.144. The van der Waals surface area contributed by atoms with Crippen molar-refractivity contribution in [3.05, 3.63) is 60.7 Å². The SMILES string of the molecule is NC(=O)N(c1ccccc1)C(Oc1ccccc1)C(=O)O. The number of benzene rings is 2. The van der Waals surface area contributed by atoms with Crippen molar-refractivity contribution in [1.82, 2.24) is 0 Å². The average molecular weight is 286 g/mol. The largest absolute Gasteiger partial charge is 0.477 e. The molecule has 0 aliphatic carbocycles. The van der Waals surface area contributed by atoms with E-state index in [1.54, 1.807) is 60.7 Å². The highest BCUT2D eigenvalue weighted by Gasteiger charge is 2.31. The number of carbonyl (C=O) groups excluding carboxylic acids is 1. The van der Waals surface area contributed by atoms with E-state index in [4.69, 9.17) is 10.5 Å². The average Bonchev–Trinajstić information content (AvgIpc) is 2.48. The summed E-state index contributed by atoms with van der Waals surface area (Å²) in [7, 11) is 0. The standard InChI is InChI=1S/C15H14N2O4/c16-15(20)17(11-7-3-1-4-8-11)13(14(18)19)21-12-9-5-2-6-10-12/h1-10,13H,(H2,16,20)(H,18,19). The van der Waals surface area contributed by atoms with Crippen LogP contribution in [-0.2, 0) is 4.79 Å². The topological polar surface area (TPSA) is 92.9 Å². The van der Waals surface area contributed by atoms with Gasteiger partial charge in [0.2, 0.25) is 0 Å². The van der Waals surface area contributed by atoms with Crippen LogP contribution in [0.5, 0.6) is 5.75 Å². The summed E-state index contributed by atoms with van der Waals surface area (Å²) < 4.78 is 5.38. The molecule has 0 aliphatic rings. The summed E-state index contributed by atoms with van der Waals surface area (Å²) in [6.45, 7) is 0. The van der Waals surface area contributed by atoms with Gasteiger partial charge in [0.15, 0.2) is 0 Å². The van der Waals surface area contributed by atoms with Crippen LogP contribution in [0.25, 0.3) is 0 Å². The minimum Gasteiger partial charge on any atom is -0.477 e. The summed E-state index contributed by atoms with van der Waals surface area (Å²) in [5.41, 5.74) is 5.65. The molecule has 2 aromatic carbocycles. The first-order valence-electron chi connectivity index (χ1n) is 6.18. The van der Waals surface area contributed by atoms with Gasteiger partial charge in [-0.15, -0.1) is 0 Å². The highest BCUT2D eigenvalue weighted by Crippen LogP contribution is 2.20. The molecule has 2 amide bonds. The number of para-hydroxylation sites is 2. The molecule has 1 unspecified atom stereocenters. The van der Waals surface area contributed by atoms with Crippen molar-refractivity contribution in [3.8, 4) is 5.75 Å². The lowest BCUT2D eigenvalue weighted by atomic mass is 10.3. The van der Waals surface area contributed by atoms with E-state index in [1.165, 1.54) is 0 Å². The maximum atomic E-state index is 11.6. The van der Waals surface area contributed by atoms with Crippen LogP contribution >= 0.6 is 0 Å². The van der Waals surface area contributed by atoms with Crippen molar-refractivity contribution < 1.29 is 19.4 Å². The molecule has 0 aromatic heterocycles. The van der Waals surface area contributed by atoms with Gasteiger partial charge in [-0.25, -0.2) is 14.5 Å². The van der Waals surface area contributed by atoms with Gasteiger partial charge in [0, 0.05) is 5.69 Å². The van der Waals surface area contributed by atoms with Crippen molar-refractivity contribution in [2.75, 3.05) is 4.90 Å². The number of amides is 2. The van der Waals surface area contributed by atoms with Gasteiger partial charge in [0.05, 0.1) is 0 Å². The zero-order valence-corrected chi connectivity index (χ0v) is 11.0. The summed E-state index contributed by atoms with van der Waals surface area (Å²) >= 11 is 0. The number of anilines is 1. The Morgan fingerprint density at radius 2 is 1.52 bits per heavy atom. The number of nitrogens with two attached hydrogens (primary N) is 1. The number of hydrogen-bond donors (Lipinski definition) is 2. The van der Waals surface area contributed by atoms with Crippen molar-refractivity contribution in [1.29, 1.82) is 0 Å². The molecule has 108 valence electrons. The van der Waals surface area contributed by atoms with E-state index in [0.29, 0.717) is 11.4 Å².